The van der Waals surface area contributed by atoms with Crippen LogP contribution in [-0.4, -0.2) is 5.97 Å². The fourth-order valence-corrected chi connectivity index (χ4v) is 4.16. The van der Waals surface area contributed by atoms with Crippen LogP contribution in [0, 0.1) is 5.92 Å². The van der Waals surface area contributed by atoms with Crippen molar-refractivity contribution < 1.29 is 9.53 Å². The first kappa shape index (κ1) is 14.5. The van der Waals surface area contributed by atoms with Gasteiger partial charge in [0.1, 0.15) is 6.61 Å². The standard InChI is InChI=1S/C15H20O2S2/c1-3-5-11(6-4-2)15(16)17-8-13-7-12-9-18-10-14(12)19-13/h7,9-11H,3-6,8H2,1-2H3. The van der Waals surface area contributed by atoms with Crippen LogP contribution >= 0.6 is 22.7 Å². The summed E-state index contributed by atoms with van der Waals surface area (Å²) in [5, 5.41) is 5.54. The van der Waals surface area contributed by atoms with E-state index in [0.29, 0.717) is 6.61 Å². The highest BCUT2D eigenvalue weighted by Crippen LogP contribution is 2.29. The van der Waals surface area contributed by atoms with Gasteiger partial charge in [0.05, 0.1) is 5.92 Å². The quantitative estimate of drug-likeness (QED) is 0.655. The van der Waals surface area contributed by atoms with Crippen molar-refractivity contribution in [3.63, 3.8) is 0 Å². The second-order valence-corrected chi connectivity index (χ2v) is 6.70. The predicted molar refractivity (Wildman–Crippen MR) is 82.8 cm³/mol. The molecule has 19 heavy (non-hydrogen) atoms. The van der Waals surface area contributed by atoms with Gasteiger partial charge in [-0.3, -0.25) is 4.79 Å². The molecule has 0 aliphatic rings. The van der Waals surface area contributed by atoms with E-state index in [9.17, 15) is 4.79 Å². The van der Waals surface area contributed by atoms with Gasteiger partial charge in [-0.15, -0.1) is 11.3 Å². The number of rotatable bonds is 7. The highest BCUT2D eigenvalue weighted by molar-refractivity contribution is 7.22. The highest BCUT2D eigenvalue weighted by Gasteiger charge is 2.18. The summed E-state index contributed by atoms with van der Waals surface area (Å²) in [7, 11) is 0. The van der Waals surface area contributed by atoms with Crippen LogP contribution in [0.25, 0.3) is 10.1 Å². The van der Waals surface area contributed by atoms with Crippen LogP contribution in [0.2, 0.25) is 0 Å². The molecule has 0 aliphatic heterocycles. The molecule has 0 radical (unpaired) electrons. The van der Waals surface area contributed by atoms with Crippen molar-refractivity contribution in [1.29, 1.82) is 0 Å². The molecule has 104 valence electrons. The summed E-state index contributed by atoms with van der Waals surface area (Å²) in [5.74, 6) is 0.0510. The van der Waals surface area contributed by atoms with E-state index < -0.39 is 0 Å². The Labute approximate surface area is 122 Å². The summed E-state index contributed by atoms with van der Waals surface area (Å²) in [4.78, 5) is 13.2. The molecule has 2 aromatic rings. The zero-order valence-electron chi connectivity index (χ0n) is 11.5. The van der Waals surface area contributed by atoms with Crippen molar-refractivity contribution >= 4 is 38.7 Å². The van der Waals surface area contributed by atoms with Crippen molar-refractivity contribution in [2.75, 3.05) is 0 Å². The first-order valence-electron chi connectivity index (χ1n) is 6.85. The zero-order valence-corrected chi connectivity index (χ0v) is 13.1. The Hall–Kier alpha value is -0.870. The summed E-state index contributed by atoms with van der Waals surface area (Å²) < 4.78 is 6.76. The van der Waals surface area contributed by atoms with Crippen LogP contribution < -0.4 is 0 Å². The number of carbonyl (C=O) groups is 1. The van der Waals surface area contributed by atoms with Crippen LogP contribution in [0.3, 0.4) is 0 Å². The Morgan fingerprint density at radius 3 is 2.63 bits per heavy atom. The number of esters is 1. The normalized spacial score (nSPS) is 11.3. The molecule has 2 nitrogen and oxygen atoms in total. The lowest BCUT2D eigenvalue weighted by Gasteiger charge is -2.13. The fourth-order valence-electron chi connectivity index (χ4n) is 2.24. The van der Waals surface area contributed by atoms with Crippen LogP contribution in [0.5, 0.6) is 0 Å². The number of thiophene rings is 2. The SMILES string of the molecule is CCCC(CCC)C(=O)OCc1cc2cscc2s1. The average Bonchev–Trinajstić information content (AvgIpc) is 2.96. The van der Waals surface area contributed by atoms with Crippen molar-refractivity contribution in [1.82, 2.24) is 0 Å². The molecule has 0 fully saturated rings. The molecule has 2 heterocycles. The van der Waals surface area contributed by atoms with Crippen molar-refractivity contribution in [3.8, 4) is 0 Å². The zero-order chi connectivity index (χ0) is 13.7. The maximum atomic E-state index is 12.0. The van der Waals surface area contributed by atoms with E-state index in [2.05, 4.69) is 30.7 Å². The van der Waals surface area contributed by atoms with Crippen molar-refractivity contribution in [2.24, 2.45) is 5.92 Å². The summed E-state index contributed by atoms with van der Waals surface area (Å²) >= 11 is 3.43. The summed E-state index contributed by atoms with van der Waals surface area (Å²) in [5.41, 5.74) is 0. The summed E-state index contributed by atoms with van der Waals surface area (Å²) in [6.45, 7) is 4.65. The van der Waals surface area contributed by atoms with Gasteiger partial charge in [0, 0.05) is 20.3 Å². The molecule has 0 aliphatic carbocycles. The number of hydrogen-bond acceptors (Lipinski definition) is 4. The Balaban J connectivity index is 1.89. The lowest BCUT2D eigenvalue weighted by Crippen LogP contribution is -2.17. The van der Waals surface area contributed by atoms with E-state index >= 15 is 0 Å². The molecular weight excluding hydrogens is 276 g/mol. The molecule has 0 bridgehead atoms. The third-order valence-electron chi connectivity index (χ3n) is 3.18. The first-order valence-corrected chi connectivity index (χ1v) is 8.61. The maximum absolute atomic E-state index is 12.0. The number of carbonyl (C=O) groups excluding carboxylic acids is 1. The maximum Gasteiger partial charge on any atom is 0.309 e. The lowest BCUT2D eigenvalue weighted by molar-refractivity contribution is -0.150. The van der Waals surface area contributed by atoms with Gasteiger partial charge in [-0.1, -0.05) is 26.7 Å². The average molecular weight is 296 g/mol. The van der Waals surface area contributed by atoms with Gasteiger partial charge in [-0.05, 0) is 24.3 Å². The number of fused-ring (bicyclic) bond motifs is 1. The van der Waals surface area contributed by atoms with Crippen LogP contribution in [0.1, 0.15) is 44.4 Å². The Bertz CT molecular complexity index is 492. The molecule has 0 saturated heterocycles. The van der Waals surface area contributed by atoms with Gasteiger partial charge in [-0.25, -0.2) is 0 Å². The molecule has 4 heteroatoms. The molecule has 0 N–H and O–H groups in total. The minimum absolute atomic E-state index is 0.0282. The van der Waals surface area contributed by atoms with Gasteiger partial charge in [0.25, 0.3) is 0 Å². The second kappa shape index (κ2) is 7.06. The van der Waals surface area contributed by atoms with Crippen LogP contribution in [0.4, 0.5) is 0 Å². The fraction of sp³-hybridized carbons (Fsp3) is 0.533. The predicted octanol–water partition coefficient (Wildman–Crippen LogP) is 5.22. The highest BCUT2D eigenvalue weighted by atomic mass is 32.1. The Morgan fingerprint density at radius 1 is 1.26 bits per heavy atom. The van der Waals surface area contributed by atoms with Crippen molar-refractivity contribution in [2.45, 2.75) is 46.1 Å². The van der Waals surface area contributed by atoms with Gasteiger partial charge in [0.2, 0.25) is 0 Å². The van der Waals surface area contributed by atoms with Crippen LogP contribution in [0.15, 0.2) is 16.8 Å². The smallest absolute Gasteiger partial charge is 0.309 e. The Kier molecular flexibility index (Phi) is 5.40. The molecule has 2 aromatic heterocycles. The third-order valence-corrected chi connectivity index (χ3v) is 5.16. The van der Waals surface area contributed by atoms with Gasteiger partial charge < -0.3 is 4.74 Å². The monoisotopic (exact) mass is 296 g/mol. The molecule has 0 amide bonds. The van der Waals surface area contributed by atoms with Gasteiger partial charge in [0.15, 0.2) is 0 Å². The van der Waals surface area contributed by atoms with E-state index in [4.69, 9.17) is 4.74 Å². The largest absolute Gasteiger partial charge is 0.460 e. The molecule has 0 spiro atoms. The lowest BCUT2D eigenvalue weighted by atomic mass is 9.99. The number of ether oxygens (including phenoxy) is 1. The summed E-state index contributed by atoms with van der Waals surface area (Å²) in [6, 6.07) is 2.12. The summed E-state index contributed by atoms with van der Waals surface area (Å²) in [6.07, 6.45) is 3.94. The van der Waals surface area contributed by atoms with E-state index in [1.807, 2.05) is 0 Å². The molecule has 0 aromatic carbocycles. The molecule has 0 unspecified atom stereocenters. The van der Waals surface area contributed by atoms with E-state index in [-0.39, 0.29) is 11.9 Å². The van der Waals surface area contributed by atoms with Gasteiger partial charge >= 0.3 is 5.97 Å². The first-order chi connectivity index (χ1) is 9.24. The molecule has 0 atom stereocenters. The van der Waals surface area contributed by atoms with Crippen LogP contribution in [-0.2, 0) is 16.1 Å². The van der Waals surface area contributed by atoms with Crippen molar-refractivity contribution in [3.05, 3.63) is 21.7 Å². The van der Waals surface area contributed by atoms with E-state index in [0.717, 1.165) is 30.6 Å². The molecular formula is C15H20O2S2. The minimum atomic E-state index is -0.0282. The molecule has 2 rings (SSSR count). The second-order valence-electron chi connectivity index (χ2n) is 4.79. The minimum Gasteiger partial charge on any atom is -0.460 e. The van der Waals surface area contributed by atoms with E-state index in [1.165, 1.54) is 10.1 Å². The third kappa shape index (κ3) is 3.80. The van der Waals surface area contributed by atoms with Gasteiger partial charge in [-0.2, -0.15) is 11.3 Å². The topological polar surface area (TPSA) is 26.3 Å². The molecule has 0 saturated carbocycles. The Morgan fingerprint density at radius 2 is 2.00 bits per heavy atom. The number of hydrogen-bond donors (Lipinski definition) is 0. The van der Waals surface area contributed by atoms with E-state index in [1.54, 1.807) is 22.7 Å².